The van der Waals surface area contributed by atoms with Crippen molar-refractivity contribution in [2.24, 2.45) is 17.3 Å². The number of allylic oxidation sites excluding steroid dienone is 1. The molecule has 224 valence electrons. The van der Waals surface area contributed by atoms with Crippen LogP contribution >= 0.6 is 0 Å². The summed E-state index contributed by atoms with van der Waals surface area (Å²) in [6, 6.07) is 12.3. The fourth-order valence-corrected chi connectivity index (χ4v) is 6.45. The van der Waals surface area contributed by atoms with Crippen molar-refractivity contribution in [2.45, 2.75) is 33.6 Å². The molecule has 0 spiro atoms. The first-order chi connectivity index (χ1) is 20.2. The number of ether oxygens (including phenoxy) is 1. The first-order valence-electron chi connectivity index (χ1n) is 14.9. The minimum atomic E-state index is -0.389. The third kappa shape index (κ3) is 6.51. The minimum absolute atomic E-state index is 0.0814. The van der Waals surface area contributed by atoms with E-state index in [9.17, 15) is 18.8 Å². The Labute approximate surface area is 247 Å². The van der Waals surface area contributed by atoms with E-state index >= 15 is 0 Å². The van der Waals surface area contributed by atoms with Gasteiger partial charge in [-0.05, 0) is 85.5 Å². The van der Waals surface area contributed by atoms with E-state index in [0.29, 0.717) is 75.2 Å². The summed E-state index contributed by atoms with van der Waals surface area (Å²) in [5.74, 6) is 0.404. The zero-order valence-electron chi connectivity index (χ0n) is 24.8. The van der Waals surface area contributed by atoms with Gasteiger partial charge in [0.05, 0.1) is 12.2 Å². The van der Waals surface area contributed by atoms with Gasteiger partial charge in [0.15, 0.2) is 0 Å². The number of carbonyl (C=O) groups is 3. The molecule has 2 atom stereocenters. The summed E-state index contributed by atoms with van der Waals surface area (Å²) in [5, 5.41) is 2.90. The molecule has 1 aliphatic heterocycles. The van der Waals surface area contributed by atoms with Gasteiger partial charge in [0, 0.05) is 57.1 Å². The number of carbonyl (C=O) groups excluding carboxylic acids is 3. The molecule has 4 aliphatic rings. The van der Waals surface area contributed by atoms with Gasteiger partial charge in [0.1, 0.15) is 5.82 Å². The highest BCUT2D eigenvalue weighted by atomic mass is 19.1. The molecule has 8 nitrogen and oxygen atoms in total. The largest absolute Gasteiger partial charge is 0.462 e. The molecule has 9 heteroatoms. The lowest BCUT2D eigenvalue weighted by Gasteiger charge is -2.57. The summed E-state index contributed by atoms with van der Waals surface area (Å²) in [4.78, 5) is 44.2. The lowest BCUT2D eigenvalue weighted by atomic mass is 9.49. The number of rotatable bonds is 9. The molecule has 1 N–H and O–H groups in total. The average Bonchev–Trinajstić information content (AvgIpc) is 3.00. The summed E-state index contributed by atoms with van der Waals surface area (Å²) in [6.07, 6.45) is 4.59. The summed E-state index contributed by atoms with van der Waals surface area (Å²) >= 11 is 0. The predicted octanol–water partition coefficient (Wildman–Crippen LogP) is 5.29. The number of hydrogen-bond acceptors (Lipinski definition) is 5. The Hall–Kier alpha value is -3.72. The van der Waals surface area contributed by atoms with Crippen LogP contribution in [0.3, 0.4) is 0 Å². The Morgan fingerprint density at radius 3 is 2.29 bits per heavy atom. The van der Waals surface area contributed by atoms with Crippen molar-refractivity contribution in [3.05, 3.63) is 77.1 Å². The summed E-state index contributed by atoms with van der Waals surface area (Å²) < 4.78 is 18.6. The number of hydrogen-bond donors (Lipinski definition) is 1. The lowest BCUT2D eigenvalue weighted by molar-refractivity contribution is -0.0105. The monoisotopic (exact) mass is 576 g/mol. The van der Waals surface area contributed by atoms with Gasteiger partial charge >= 0.3 is 12.0 Å². The molecule has 42 heavy (non-hydrogen) atoms. The standard InChI is InChI=1S/C33H41FN4O4/c1-4-42-31(40)24-8-13-28(14-9-24)35-32(41)37-18-15-36(16-19-37)17-20-38(30(39)23-6-11-27(34)12-7-23)22-25-5-10-26-21-29(25)33(26,2)3/h5-9,11-14,26,29H,4,10,15-22H2,1-3H3,(H,35,41). The third-order valence-electron chi connectivity index (χ3n) is 9.33. The van der Waals surface area contributed by atoms with Gasteiger partial charge in [-0.25, -0.2) is 14.0 Å². The van der Waals surface area contributed by atoms with E-state index in [-0.39, 0.29) is 29.1 Å². The maximum atomic E-state index is 13.6. The normalized spacial score (nSPS) is 21.1. The highest BCUT2D eigenvalue weighted by Crippen LogP contribution is 2.59. The van der Waals surface area contributed by atoms with Crippen LogP contribution in [-0.2, 0) is 4.74 Å². The maximum Gasteiger partial charge on any atom is 0.338 e. The van der Waals surface area contributed by atoms with E-state index in [1.54, 1.807) is 48.2 Å². The summed E-state index contributed by atoms with van der Waals surface area (Å²) in [5.41, 5.74) is 3.17. The van der Waals surface area contributed by atoms with Crippen LogP contribution < -0.4 is 5.32 Å². The number of nitrogens with zero attached hydrogens (tertiary/aromatic N) is 3. The fourth-order valence-electron chi connectivity index (χ4n) is 6.45. The molecule has 2 unspecified atom stereocenters. The molecule has 2 fully saturated rings. The minimum Gasteiger partial charge on any atom is -0.462 e. The Bertz CT molecular complexity index is 1320. The molecular weight excluding hydrogens is 535 g/mol. The van der Waals surface area contributed by atoms with Crippen molar-refractivity contribution in [2.75, 3.05) is 57.7 Å². The van der Waals surface area contributed by atoms with Crippen LogP contribution in [0.4, 0.5) is 14.9 Å². The molecule has 2 aromatic rings. The lowest BCUT2D eigenvalue weighted by Crippen LogP contribution is -2.52. The molecule has 1 saturated heterocycles. The first-order valence-corrected chi connectivity index (χ1v) is 14.9. The molecule has 0 radical (unpaired) electrons. The zero-order valence-corrected chi connectivity index (χ0v) is 24.8. The van der Waals surface area contributed by atoms with Crippen molar-refractivity contribution >= 4 is 23.6 Å². The van der Waals surface area contributed by atoms with Gasteiger partial charge in [0.25, 0.3) is 5.91 Å². The van der Waals surface area contributed by atoms with Crippen molar-refractivity contribution in [3.63, 3.8) is 0 Å². The topological polar surface area (TPSA) is 82.2 Å². The molecule has 3 aliphatic carbocycles. The number of anilines is 1. The molecule has 6 rings (SSSR count). The van der Waals surface area contributed by atoms with E-state index < -0.39 is 0 Å². The number of halogens is 1. The second-order valence-corrected chi connectivity index (χ2v) is 12.1. The van der Waals surface area contributed by atoms with Crippen LogP contribution in [0.5, 0.6) is 0 Å². The van der Waals surface area contributed by atoms with E-state index in [1.165, 1.54) is 24.1 Å². The summed E-state index contributed by atoms with van der Waals surface area (Å²) in [6.45, 7) is 11.1. The molecule has 1 heterocycles. The van der Waals surface area contributed by atoms with Crippen LogP contribution in [-0.4, -0.2) is 85.0 Å². The van der Waals surface area contributed by atoms with Crippen molar-refractivity contribution in [1.29, 1.82) is 0 Å². The second kappa shape index (κ2) is 12.7. The Morgan fingerprint density at radius 1 is 1.00 bits per heavy atom. The molecule has 2 bridgehead atoms. The maximum absolute atomic E-state index is 13.6. The Morgan fingerprint density at radius 2 is 1.67 bits per heavy atom. The third-order valence-corrected chi connectivity index (χ3v) is 9.33. The van der Waals surface area contributed by atoms with E-state index in [4.69, 9.17) is 4.74 Å². The van der Waals surface area contributed by atoms with Gasteiger partial charge < -0.3 is 19.9 Å². The number of piperazine rings is 1. The SMILES string of the molecule is CCOC(=O)c1ccc(NC(=O)N2CCN(CCN(CC3=CCC4CC3C4(C)C)C(=O)c3ccc(F)cc3)CC2)cc1. The van der Waals surface area contributed by atoms with Crippen LogP contribution in [0, 0.1) is 23.1 Å². The fraction of sp³-hybridized carbons (Fsp3) is 0.485. The van der Waals surface area contributed by atoms with Gasteiger partial charge in [-0.3, -0.25) is 9.69 Å². The van der Waals surface area contributed by atoms with Crippen molar-refractivity contribution in [3.8, 4) is 0 Å². The molecule has 3 amide bonds. The van der Waals surface area contributed by atoms with Crippen LogP contribution in [0.15, 0.2) is 60.2 Å². The molecule has 1 saturated carbocycles. The van der Waals surface area contributed by atoms with Crippen LogP contribution in [0.25, 0.3) is 0 Å². The number of benzene rings is 2. The highest BCUT2D eigenvalue weighted by Gasteiger charge is 2.51. The second-order valence-electron chi connectivity index (χ2n) is 12.1. The number of esters is 1. The predicted molar refractivity (Wildman–Crippen MR) is 160 cm³/mol. The number of amides is 3. The summed E-state index contributed by atoms with van der Waals surface area (Å²) in [7, 11) is 0. The molecule has 0 aromatic heterocycles. The van der Waals surface area contributed by atoms with Gasteiger partial charge in [-0.2, -0.15) is 0 Å². The molecule has 2 aromatic carbocycles. The Kier molecular flexibility index (Phi) is 8.96. The highest BCUT2D eigenvalue weighted by molar-refractivity contribution is 5.94. The van der Waals surface area contributed by atoms with Crippen LogP contribution in [0.2, 0.25) is 0 Å². The molecular formula is C33H41FN4O4. The Balaban J connectivity index is 1.15. The smallest absolute Gasteiger partial charge is 0.338 e. The van der Waals surface area contributed by atoms with E-state index in [2.05, 4.69) is 30.1 Å². The number of urea groups is 1. The quantitative estimate of drug-likeness (QED) is 0.324. The van der Waals surface area contributed by atoms with Crippen molar-refractivity contribution < 1.29 is 23.5 Å². The average molecular weight is 577 g/mol. The number of fused-ring (bicyclic) bond motifs is 1. The zero-order chi connectivity index (χ0) is 29.9. The first kappa shape index (κ1) is 29.8. The van der Waals surface area contributed by atoms with Gasteiger partial charge in [-0.15, -0.1) is 0 Å². The van der Waals surface area contributed by atoms with E-state index in [1.807, 2.05) is 4.90 Å². The van der Waals surface area contributed by atoms with Gasteiger partial charge in [-0.1, -0.05) is 25.5 Å². The number of nitrogens with one attached hydrogen (secondary N) is 1. The van der Waals surface area contributed by atoms with E-state index in [0.717, 1.165) is 12.3 Å². The van der Waals surface area contributed by atoms with Crippen molar-refractivity contribution in [1.82, 2.24) is 14.7 Å². The van der Waals surface area contributed by atoms with Gasteiger partial charge in [0.2, 0.25) is 0 Å². The van der Waals surface area contributed by atoms with Crippen LogP contribution in [0.1, 0.15) is 54.3 Å².